The molecule has 18 heavy (non-hydrogen) atoms. The molecule has 0 aliphatic carbocycles. The van der Waals surface area contributed by atoms with Crippen molar-refractivity contribution in [3.8, 4) is 0 Å². The van der Waals surface area contributed by atoms with E-state index in [0.29, 0.717) is 0 Å². The van der Waals surface area contributed by atoms with E-state index in [1.165, 1.54) is 11.1 Å². The molecule has 0 spiro atoms. The predicted octanol–water partition coefficient (Wildman–Crippen LogP) is 1.93. The zero-order valence-corrected chi connectivity index (χ0v) is 11.0. The number of nitrogens with two attached hydrogens (primary N) is 1. The molecule has 1 unspecified atom stereocenters. The summed E-state index contributed by atoms with van der Waals surface area (Å²) in [7, 11) is 0. The van der Waals surface area contributed by atoms with Gasteiger partial charge in [0.05, 0.1) is 5.54 Å². The third-order valence-corrected chi connectivity index (χ3v) is 4.05. The largest absolute Gasteiger partial charge is 0.368 e. The van der Waals surface area contributed by atoms with Gasteiger partial charge in [-0.15, -0.1) is 0 Å². The van der Waals surface area contributed by atoms with E-state index < -0.39 is 5.54 Å². The third kappa shape index (κ3) is 2.72. The van der Waals surface area contributed by atoms with Crippen molar-refractivity contribution in [3.63, 3.8) is 0 Å². The molecule has 1 amide bonds. The summed E-state index contributed by atoms with van der Waals surface area (Å²) in [5.74, 6) is -0.198. The Morgan fingerprint density at radius 1 is 1.39 bits per heavy atom. The summed E-state index contributed by atoms with van der Waals surface area (Å²) in [4.78, 5) is 11.7. The van der Waals surface area contributed by atoms with E-state index in [0.717, 1.165) is 38.6 Å². The van der Waals surface area contributed by atoms with Crippen molar-refractivity contribution in [2.75, 3.05) is 6.54 Å². The normalized spacial score (nSPS) is 23.8. The lowest BCUT2D eigenvalue weighted by Crippen LogP contribution is -2.57. The van der Waals surface area contributed by atoms with Crippen LogP contribution in [-0.2, 0) is 11.2 Å². The summed E-state index contributed by atoms with van der Waals surface area (Å²) in [6, 6.07) is 8.34. The quantitative estimate of drug-likeness (QED) is 0.853. The number of piperidine rings is 1. The van der Waals surface area contributed by atoms with Crippen molar-refractivity contribution in [2.45, 2.75) is 44.6 Å². The summed E-state index contributed by atoms with van der Waals surface area (Å²) >= 11 is 0. The second kappa shape index (κ2) is 5.53. The van der Waals surface area contributed by atoms with Crippen LogP contribution in [0.5, 0.6) is 0 Å². The van der Waals surface area contributed by atoms with Crippen LogP contribution in [0.1, 0.15) is 36.8 Å². The van der Waals surface area contributed by atoms with Gasteiger partial charge in [-0.2, -0.15) is 0 Å². The van der Waals surface area contributed by atoms with Gasteiger partial charge in [0, 0.05) is 0 Å². The molecule has 2 rings (SSSR count). The van der Waals surface area contributed by atoms with Crippen LogP contribution in [0, 0.1) is 6.92 Å². The second-order valence-corrected chi connectivity index (χ2v) is 5.26. The molecule has 1 saturated heterocycles. The van der Waals surface area contributed by atoms with Gasteiger partial charge in [-0.3, -0.25) is 4.79 Å². The fraction of sp³-hybridized carbons (Fsp3) is 0.533. The van der Waals surface area contributed by atoms with Crippen LogP contribution in [0.2, 0.25) is 0 Å². The molecule has 0 bridgehead atoms. The molecular formula is C15H22N2O. The number of carbonyl (C=O) groups excluding carboxylic acids is 1. The van der Waals surface area contributed by atoms with Crippen molar-refractivity contribution in [3.05, 3.63) is 35.4 Å². The van der Waals surface area contributed by atoms with Crippen molar-refractivity contribution < 1.29 is 4.79 Å². The molecular weight excluding hydrogens is 224 g/mol. The molecule has 0 saturated carbocycles. The van der Waals surface area contributed by atoms with Crippen LogP contribution in [-0.4, -0.2) is 18.0 Å². The van der Waals surface area contributed by atoms with Crippen molar-refractivity contribution in [1.29, 1.82) is 0 Å². The van der Waals surface area contributed by atoms with Crippen LogP contribution in [0.25, 0.3) is 0 Å². The van der Waals surface area contributed by atoms with Gasteiger partial charge in [-0.25, -0.2) is 0 Å². The summed E-state index contributed by atoms with van der Waals surface area (Å²) in [6.07, 6.45) is 4.80. The lowest BCUT2D eigenvalue weighted by Gasteiger charge is -2.35. The molecule has 1 aliphatic heterocycles. The first kappa shape index (κ1) is 13.1. The molecule has 3 heteroatoms. The van der Waals surface area contributed by atoms with E-state index in [1.54, 1.807) is 0 Å². The summed E-state index contributed by atoms with van der Waals surface area (Å²) in [6.45, 7) is 3.01. The van der Waals surface area contributed by atoms with Crippen molar-refractivity contribution in [2.24, 2.45) is 5.73 Å². The minimum atomic E-state index is -0.486. The smallest absolute Gasteiger partial charge is 0.237 e. The molecule has 98 valence electrons. The average Bonchev–Trinajstić information content (AvgIpc) is 2.39. The Kier molecular flexibility index (Phi) is 4.02. The topological polar surface area (TPSA) is 55.1 Å². The Hall–Kier alpha value is -1.35. The van der Waals surface area contributed by atoms with Gasteiger partial charge >= 0.3 is 0 Å². The molecule has 1 atom stereocenters. The van der Waals surface area contributed by atoms with E-state index in [4.69, 9.17) is 5.73 Å². The number of amides is 1. The minimum Gasteiger partial charge on any atom is -0.368 e. The van der Waals surface area contributed by atoms with Gasteiger partial charge in [0.2, 0.25) is 5.91 Å². The first-order valence-electron chi connectivity index (χ1n) is 6.73. The van der Waals surface area contributed by atoms with Gasteiger partial charge in [0.15, 0.2) is 0 Å². The van der Waals surface area contributed by atoms with Crippen LogP contribution in [0.15, 0.2) is 24.3 Å². The number of hydrogen-bond donors (Lipinski definition) is 2. The fourth-order valence-electron chi connectivity index (χ4n) is 2.75. The first-order valence-corrected chi connectivity index (χ1v) is 6.73. The highest BCUT2D eigenvalue weighted by Crippen LogP contribution is 2.25. The highest BCUT2D eigenvalue weighted by Gasteiger charge is 2.36. The first-order chi connectivity index (χ1) is 8.64. The van der Waals surface area contributed by atoms with E-state index in [9.17, 15) is 4.79 Å². The van der Waals surface area contributed by atoms with Crippen LogP contribution >= 0.6 is 0 Å². The molecule has 1 heterocycles. The maximum absolute atomic E-state index is 11.7. The summed E-state index contributed by atoms with van der Waals surface area (Å²) in [5, 5.41) is 3.35. The Morgan fingerprint density at radius 2 is 2.17 bits per heavy atom. The summed E-state index contributed by atoms with van der Waals surface area (Å²) < 4.78 is 0. The number of aryl methyl sites for hydroxylation is 2. The number of primary amides is 1. The Bertz CT molecular complexity index is 422. The molecule has 1 aromatic rings. The lowest BCUT2D eigenvalue weighted by molar-refractivity contribution is -0.125. The second-order valence-electron chi connectivity index (χ2n) is 5.26. The number of benzene rings is 1. The Balaban J connectivity index is 2.06. The van der Waals surface area contributed by atoms with Crippen LogP contribution in [0.4, 0.5) is 0 Å². The third-order valence-electron chi connectivity index (χ3n) is 4.05. The van der Waals surface area contributed by atoms with Gasteiger partial charge < -0.3 is 11.1 Å². The fourth-order valence-corrected chi connectivity index (χ4v) is 2.75. The van der Waals surface area contributed by atoms with E-state index in [-0.39, 0.29) is 5.91 Å². The average molecular weight is 246 g/mol. The van der Waals surface area contributed by atoms with E-state index >= 15 is 0 Å². The van der Waals surface area contributed by atoms with E-state index in [1.807, 2.05) is 12.1 Å². The van der Waals surface area contributed by atoms with E-state index in [2.05, 4.69) is 24.4 Å². The molecule has 3 nitrogen and oxygen atoms in total. The highest BCUT2D eigenvalue weighted by atomic mass is 16.1. The molecule has 1 aromatic carbocycles. The molecule has 0 aromatic heterocycles. The maximum atomic E-state index is 11.7. The minimum absolute atomic E-state index is 0.198. The maximum Gasteiger partial charge on any atom is 0.237 e. The van der Waals surface area contributed by atoms with Gasteiger partial charge in [0.25, 0.3) is 0 Å². The standard InChI is InChI=1S/C15H22N2O/c1-12-6-2-3-7-13(12)8-10-15(14(16)18)9-4-5-11-17-15/h2-3,6-7,17H,4-5,8-11H2,1H3,(H2,16,18). The number of rotatable bonds is 4. The molecule has 0 radical (unpaired) electrons. The monoisotopic (exact) mass is 246 g/mol. The molecule has 1 aliphatic rings. The van der Waals surface area contributed by atoms with Crippen molar-refractivity contribution >= 4 is 5.91 Å². The molecule has 1 fully saturated rings. The zero-order valence-electron chi connectivity index (χ0n) is 11.0. The zero-order chi connectivity index (χ0) is 13.0. The predicted molar refractivity (Wildman–Crippen MR) is 73.3 cm³/mol. The van der Waals surface area contributed by atoms with Crippen molar-refractivity contribution in [1.82, 2.24) is 5.32 Å². The Morgan fingerprint density at radius 3 is 2.78 bits per heavy atom. The van der Waals surface area contributed by atoms with Crippen LogP contribution < -0.4 is 11.1 Å². The van der Waals surface area contributed by atoms with Gasteiger partial charge in [-0.1, -0.05) is 24.3 Å². The SMILES string of the molecule is Cc1ccccc1CCC1(C(N)=O)CCCCN1. The highest BCUT2D eigenvalue weighted by molar-refractivity contribution is 5.84. The number of nitrogens with one attached hydrogen (secondary N) is 1. The van der Waals surface area contributed by atoms with Crippen LogP contribution in [0.3, 0.4) is 0 Å². The molecule has 3 N–H and O–H groups in total. The lowest BCUT2D eigenvalue weighted by atomic mass is 9.82. The summed E-state index contributed by atoms with van der Waals surface area (Å²) in [5.41, 5.74) is 7.71. The number of hydrogen-bond acceptors (Lipinski definition) is 2. The Labute approximate surface area is 109 Å². The number of carbonyl (C=O) groups is 1. The van der Waals surface area contributed by atoms with Gasteiger partial charge in [-0.05, 0) is 56.7 Å². The van der Waals surface area contributed by atoms with Gasteiger partial charge in [0.1, 0.15) is 0 Å².